The van der Waals surface area contributed by atoms with Crippen LogP contribution in [-0.4, -0.2) is 30.3 Å². The van der Waals surface area contributed by atoms with Gasteiger partial charge in [-0.15, -0.1) is 0 Å². The smallest absolute Gasteiger partial charge is 0.159 e. The summed E-state index contributed by atoms with van der Waals surface area (Å²) in [6, 6.07) is 9.47. The molecule has 0 aromatic heterocycles. The highest BCUT2D eigenvalue weighted by molar-refractivity contribution is 5.77. The zero-order valence-corrected chi connectivity index (χ0v) is 9.75. The number of rotatable bonds is 0. The highest BCUT2D eigenvalue weighted by Crippen LogP contribution is 2.43. The maximum Gasteiger partial charge on any atom is 0.159 e. The van der Waals surface area contributed by atoms with Crippen molar-refractivity contribution in [2.24, 2.45) is 0 Å². The standard InChI is InChI=1S/C14H15N3/c1-16-12-8-4-5-9-13(12)17-11-7-3-2-6-10(11)15-14(16)17/h2-9,12-15H,1H3. The van der Waals surface area contributed by atoms with Crippen LogP contribution < -0.4 is 10.2 Å². The number of fused-ring (bicyclic) bond motifs is 5. The molecule has 3 heteroatoms. The molecule has 0 spiro atoms. The molecule has 1 aromatic carbocycles. The van der Waals surface area contributed by atoms with Gasteiger partial charge in [-0.1, -0.05) is 36.4 Å². The summed E-state index contributed by atoms with van der Waals surface area (Å²) in [5, 5.41) is 3.59. The first-order chi connectivity index (χ1) is 8.36. The van der Waals surface area contributed by atoms with Gasteiger partial charge in [-0.3, -0.25) is 4.90 Å². The summed E-state index contributed by atoms with van der Waals surface area (Å²) in [7, 11) is 2.19. The molecule has 3 unspecified atom stereocenters. The third-order valence-electron chi connectivity index (χ3n) is 3.99. The molecule has 2 aliphatic heterocycles. The second kappa shape index (κ2) is 3.14. The summed E-state index contributed by atoms with van der Waals surface area (Å²) in [5.41, 5.74) is 2.56. The van der Waals surface area contributed by atoms with E-state index < -0.39 is 0 Å². The van der Waals surface area contributed by atoms with Crippen LogP contribution in [0.1, 0.15) is 0 Å². The van der Waals surface area contributed by atoms with E-state index in [4.69, 9.17) is 0 Å². The molecule has 0 radical (unpaired) electrons. The van der Waals surface area contributed by atoms with Gasteiger partial charge in [0.1, 0.15) is 0 Å². The van der Waals surface area contributed by atoms with E-state index in [-0.39, 0.29) is 6.29 Å². The first kappa shape index (κ1) is 9.31. The Morgan fingerprint density at radius 3 is 2.71 bits per heavy atom. The Hall–Kier alpha value is -1.74. The zero-order chi connectivity index (χ0) is 11.4. The van der Waals surface area contributed by atoms with Crippen molar-refractivity contribution in [1.29, 1.82) is 0 Å². The van der Waals surface area contributed by atoms with Crippen molar-refractivity contribution >= 4 is 11.4 Å². The molecule has 4 rings (SSSR count). The molecule has 86 valence electrons. The van der Waals surface area contributed by atoms with Gasteiger partial charge in [0, 0.05) is 0 Å². The molecule has 0 amide bonds. The maximum atomic E-state index is 3.59. The Kier molecular flexibility index (Phi) is 1.72. The van der Waals surface area contributed by atoms with Gasteiger partial charge < -0.3 is 10.2 Å². The molecule has 1 saturated heterocycles. The third-order valence-corrected chi connectivity index (χ3v) is 3.99. The number of hydrogen-bond donors (Lipinski definition) is 1. The predicted molar refractivity (Wildman–Crippen MR) is 70.0 cm³/mol. The predicted octanol–water partition coefficient (Wildman–Crippen LogP) is 2.01. The Morgan fingerprint density at radius 1 is 1.06 bits per heavy atom. The molecule has 3 nitrogen and oxygen atoms in total. The van der Waals surface area contributed by atoms with Gasteiger partial charge in [0.05, 0.1) is 23.5 Å². The number of nitrogens with one attached hydrogen (secondary N) is 1. The fraction of sp³-hybridized carbons (Fsp3) is 0.286. The van der Waals surface area contributed by atoms with E-state index in [1.807, 2.05) is 0 Å². The van der Waals surface area contributed by atoms with Crippen LogP contribution in [0.4, 0.5) is 11.4 Å². The number of anilines is 2. The SMILES string of the molecule is CN1C2C=CC=CC2N2c3ccccc3NC12. The number of allylic oxidation sites excluding steroid dienone is 2. The minimum Gasteiger partial charge on any atom is -0.351 e. The Balaban J connectivity index is 1.83. The fourth-order valence-electron chi connectivity index (χ4n) is 3.16. The molecular weight excluding hydrogens is 210 g/mol. The molecule has 1 N–H and O–H groups in total. The van der Waals surface area contributed by atoms with Gasteiger partial charge in [-0.05, 0) is 19.2 Å². The summed E-state index contributed by atoms with van der Waals surface area (Å²) in [6.07, 6.45) is 9.16. The Morgan fingerprint density at radius 2 is 1.82 bits per heavy atom. The topological polar surface area (TPSA) is 18.5 Å². The van der Waals surface area contributed by atoms with E-state index in [0.29, 0.717) is 12.1 Å². The Bertz CT molecular complexity index is 520. The normalized spacial score (nSPS) is 33.2. The first-order valence-electron chi connectivity index (χ1n) is 6.07. The van der Waals surface area contributed by atoms with Crippen molar-refractivity contribution in [2.75, 3.05) is 17.3 Å². The van der Waals surface area contributed by atoms with Gasteiger partial charge >= 0.3 is 0 Å². The molecule has 3 aliphatic rings. The van der Waals surface area contributed by atoms with Crippen LogP contribution in [0.3, 0.4) is 0 Å². The lowest BCUT2D eigenvalue weighted by Gasteiger charge is -2.25. The van der Waals surface area contributed by atoms with E-state index in [1.165, 1.54) is 11.4 Å². The molecule has 0 bridgehead atoms. The average molecular weight is 225 g/mol. The van der Waals surface area contributed by atoms with Crippen molar-refractivity contribution in [3.63, 3.8) is 0 Å². The number of nitrogens with zero attached hydrogens (tertiary/aromatic N) is 2. The highest BCUT2D eigenvalue weighted by Gasteiger charge is 2.47. The monoisotopic (exact) mass is 225 g/mol. The second-order valence-corrected chi connectivity index (χ2v) is 4.86. The largest absolute Gasteiger partial charge is 0.351 e. The number of para-hydroxylation sites is 2. The lowest BCUT2D eigenvalue weighted by atomic mass is 10.0. The second-order valence-electron chi connectivity index (χ2n) is 4.86. The third kappa shape index (κ3) is 1.09. The van der Waals surface area contributed by atoms with Gasteiger partial charge in [0.25, 0.3) is 0 Å². The van der Waals surface area contributed by atoms with Crippen molar-refractivity contribution in [3.05, 3.63) is 48.6 Å². The van der Waals surface area contributed by atoms with Crippen LogP contribution in [0.25, 0.3) is 0 Å². The van der Waals surface area contributed by atoms with E-state index in [0.717, 1.165) is 0 Å². The molecule has 3 atom stereocenters. The number of benzene rings is 1. The summed E-state index contributed by atoms with van der Waals surface area (Å²) in [6.45, 7) is 0. The molecule has 1 aliphatic carbocycles. The van der Waals surface area contributed by atoms with E-state index in [1.54, 1.807) is 0 Å². The van der Waals surface area contributed by atoms with Gasteiger partial charge in [-0.25, -0.2) is 0 Å². The molecule has 2 heterocycles. The van der Waals surface area contributed by atoms with Crippen LogP contribution in [0.15, 0.2) is 48.6 Å². The van der Waals surface area contributed by atoms with Gasteiger partial charge in [0.15, 0.2) is 6.29 Å². The summed E-state index contributed by atoms with van der Waals surface area (Å²) < 4.78 is 0. The summed E-state index contributed by atoms with van der Waals surface area (Å²) in [4.78, 5) is 4.87. The fourth-order valence-corrected chi connectivity index (χ4v) is 3.16. The molecule has 17 heavy (non-hydrogen) atoms. The number of hydrogen-bond acceptors (Lipinski definition) is 3. The lowest BCUT2D eigenvalue weighted by Crippen LogP contribution is -2.40. The first-order valence-corrected chi connectivity index (χ1v) is 6.07. The van der Waals surface area contributed by atoms with Crippen molar-refractivity contribution in [1.82, 2.24) is 4.90 Å². The van der Waals surface area contributed by atoms with E-state index in [9.17, 15) is 0 Å². The highest BCUT2D eigenvalue weighted by atomic mass is 15.6. The molecule has 0 saturated carbocycles. The van der Waals surface area contributed by atoms with Crippen LogP contribution >= 0.6 is 0 Å². The van der Waals surface area contributed by atoms with Crippen molar-refractivity contribution in [2.45, 2.75) is 18.4 Å². The minimum absolute atomic E-state index is 0.287. The van der Waals surface area contributed by atoms with E-state index >= 15 is 0 Å². The summed E-state index contributed by atoms with van der Waals surface area (Å²) >= 11 is 0. The molecule has 1 fully saturated rings. The lowest BCUT2D eigenvalue weighted by molar-refractivity contribution is 0.295. The quantitative estimate of drug-likeness (QED) is 0.728. The minimum atomic E-state index is 0.287. The van der Waals surface area contributed by atoms with E-state index in [2.05, 4.69) is 70.7 Å². The molecule has 1 aromatic rings. The van der Waals surface area contributed by atoms with Gasteiger partial charge in [0.2, 0.25) is 0 Å². The molecular formula is C14H15N3. The summed E-state index contributed by atoms with van der Waals surface area (Å²) in [5.74, 6) is 0. The average Bonchev–Trinajstić information content (AvgIpc) is 2.88. The van der Waals surface area contributed by atoms with Gasteiger partial charge in [-0.2, -0.15) is 0 Å². The maximum absolute atomic E-state index is 3.59. The van der Waals surface area contributed by atoms with Crippen molar-refractivity contribution < 1.29 is 0 Å². The number of likely N-dealkylation sites (N-methyl/N-ethyl adjacent to an activating group) is 1. The van der Waals surface area contributed by atoms with Crippen LogP contribution in [0.2, 0.25) is 0 Å². The zero-order valence-electron chi connectivity index (χ0n) is 9.75. The van der Waals surface area contributed by atoms with Crippen LogP contribution in [0.5, 0.6) is 0 Å². The van der Waals surface area contributed by atoms with Crippen molar-refractivity contribution in [3.8, 4) is 0 Å². The van der Waals surface area contributed by atoms with Crippen LogP contribution in [0, 0.1) is 0 Å². The Labute approximate surface area is 101 Å². The van der Waals surface area contributed by atoms with Crippen LogP contribution in [-0.2, 0) is 0 Å².